The van der Waals surface area contributed by atoms with Crippen LogP contribution >= 0.6 is 0 Å². The van der Waals surface area contributed by atoms with Crippen molar-refractivity contribution in [2.45, 2.75) is 6.04 Å². The first-order valence-corrected chi connectivity index (χ1v) is 5.95. The number of carbonyl (C=O) groups excluding carboxylic acids is 1. The molecule has 3 rings (SSSR count). The van der Waals surface area contributed by atoms with E-state index in [0.29, 0.717) is 13.2 Å². The van der Waals surface area contributed by atoms with Crippen molar-refractivity contribution in [1.29, 1.82) is 0 Å². The van der Waals surface area contributed by atoms with Crippen molar-refractivity contribution in [2.24, 2.45) is 11.7 Å². The minimum absolute atomic E-state index is 0.0742. The number of ether oxygens (including phenoxy) is 1. The lowest BCUT2D eigenvalue weighted by Gasteiger charge is -2.13. The van der Waals surface area contributed by atoms with Crippen molar-refractivity contribution in [3.05, 3.63) is 30.5 Å². The van der Waals surface area contributed by atoms with Crippen LogP contribution in [-0.2, 0) is 9.53 Å². The maximum Gasteiger partial charge on any atom is 0.231 e. The summed E-state index contributed by atoms with van der Waals surface area (Å²) in [6.07, 6.45) is 1.87. The van der Waals surface area contributed by atoms with E-state index in [9.17, 15) is 4.79 Å². The van der Waals surface area contributed by atoms with Crippen molar-refractivity contribution in [3.63, 3.8) is 0 Å². The van der Waals surface area contributed by atoms with Crippen molar-refractivity contribution in [3.8, 4) is 0 Å². The van der Waals surface area contributed by atoms with Gasteiger partial charge in [-0.3, -0.25) is 4.79 Å². The van der Waals surface area contributed by atoms with Crippen LogP contribution in [0.5, 0.6) is 0 Å². The molecule has 1 saturated heterocycles. The van der Waals surface area contributed by atoms with E-state index in [1.54, 1.807) is 0 Å². The Morgan fingerprint density at radius 1 is 1.39 bits per heavy atom. The summed E-state index contributed by atoms with van der Waals surface area (Å²) in [7, 11) is 0. The number of nitrogens with two attached hydrogens (primary N) is 1. The van der Waals surface area contributed by atoms with E-state index in [-0.39, 0.29) is 17.9 Å². The van der Waals surface area contributed by atoms with Crippen LogP contribution in [0.3, 0.4) is 0 Å². The molecule has 94 valence electrons. The number of fused-ring (bicyclic) bond motifs is 1. The summed E-state index contributed by atoms with van der Waals surface area (Å²) in [5, 5.41) is 3.95. The lowest BCUT2D eigenvalue weighted by Crippen LogP contribution is -2.37. The molecule has 1 aromatic heterocycles. The average Bonchev–Trinajstić information content (AvgIpc) is 2.96. The third-order valence-electron chi connectivity index (χ3n) is 3.28. The lowest BCUT2D eigenvalue weighted by atomic mass is 10.0. The molecule has 4 N–H and O–H groups in total. The number of benzene rings is 1. The van der Waals surface area contributed by atoms with Crippen LogP contribution in [0.4, 0.5) is 5.69 Å². The first-order valence-electron chi connectivity index (χ1n) is 5.95. The number of H-pyrrole nitrogens is 1. The summed E-state index contributed by atoms with van der Waals surface area (Å²) in [5.41, 5.74) is 7.65. The second-order valence-corrected chi connectivity index (χ2v) is 4.58. The predicted octanol–water partition coefficient (Wildman–Crippen LogP) is 1.08. The number of anilines is 1. The van der Waals surface area contributed by atoms with Gasteiger partial charge in [0, 0.05) is 28.8 Å². The zero-order valence-corrected chi connectivity index (χ0v) is 9.85. The Labute approximate surface area is 104 Å². The third kappa shape index (κ3) is 1.98. The monoisotopic (exact) mass is 245 g/mol. The molecule has 1 aliphatic heterocycles. The van der Waals surface area contributed by atoms with Gasteiger partial charge in [-0.05, 0) is 24.3 Å². The molecule has 0 aliphatic carbocycles. The Kier molecular flexibility index (Phi) is 2.77. The zero-order chi connectivity index (χ0) is 12.5. The smallest absolute Gasteiger partial charge is 0.231 e. The molecule has 1 aromatic carbocycles. The maximum atomic E-state index is 12.0. The van der Waals surface area contributed by atoms with Gasteiger partial charge in [0.1, 0.15) is 0 Å². The van der Waals surface area contributed by atoms with Crippen LogP contribution in [0.1, 0.15) is 0 Å². The van der Waals surface area contributed by atoms with E-state index in [0.717, 1.165) is 16.6 Å². The number of amides is 1. The van der Waals surface area contributed by atoms with Crippen molar-refractivity contribution >= 4 is 22.5 Å². The number of hydrogen-bond donors (Lipinski definition) is 3. The van der Waals surface area contributed by atoms with Gasteiger partial charge in [0.05, 0.1) is 19.1 Å². The molecule has 0 spiro atoms. The molecule has 1 amide bonds. The molecule has 5 heteroatoms. The quantitative estimate of drug-likeness (QED) is 0.740. The van der Waals surface area contributed by atoms with Crippen molar-refractivity contribution in [2.75, 3.05) is 18.5 Å². The third-order valence-corrected chi connectivity index (χ3v) is 3.28. The Hall–Kier alpha value is -1.85. The molecule has 18 heavy (non-hydrogen) atoms. The summed E-state index contributed by atoms with van der Waals surface area (Å²) in [6, 6.07) is 7.51. The molecule has 0 bridgehead atoms. The van der Waals surface area contributed by atoms with Gasteiger partial charge in [0.2, 0.25) is 5.91 Å². The average molecular weight is 245 g/mol. The van der Waals surface area contributed by atoms with Gasteiger partial charge in [-0.25, -0.2) is 0 Å². The molecule has 2 atom stereocenters. The summed E-state index contributed by atoms with van der Waals surface area (Å²) in [4.78, 5) is 15.1. The zero-order valence-electron chi connectivity index (χ0n) is 9.85. The topological polar surface area (TPSA) is 80.1 Å². The number of aromatic nitrogens is 1. The second-order valence-electron chi connectivity index (χ2n) is 4.58. The van der Waals surface area contributed by atoms with E-state index in [2.05, 4.69) is 10.3 Å². The molecule has 1 fully saturated rings. The molecule has 1 aliphatic rings. The minimum Gasteiger partial charge on any atom is -0.379 e. The molecule has 0 saturated carbocycles. The maximum absolute atomic E-state index is 12.0. The number of hydrogen-bond acceptors (Lipinski definition) is 3. The van der Waals surface area contributed by atoms with Gasteiger partial charge in [-0.2, -0.15) is 0 Å². The first kappa shape index (κ1) is 11.3. The minimum atomic E-state index is -0.257. The SMILES string of the molecule is NC1COCC1C(=O)Nc1ccc2[nH]ccc2c1. The van der Waals surface area contributed by atoms with Gasteiger partial charge in [-0.1, -0.05) is 0 Å². The highest BCUT2D eigenvalue weighted by atomic mass is 16.5. The molecular weight excluding hydrogens is 230 g/mol. The van der Waals surface area contributed by atoms with E-state index < -0.39 is 0 Å². The summed E-state index contributed by atoms with van der Waals surface area (Å²) in [5.74, 6) is -0.332. The normalized spacial score (nSPS) is 23.4. The number of aromatic amines is 1. The molecular formula is C13H15N3O2. The first-order chi connectivity index (χ1) is 8.74. The number of rotatable bonds is 2. The van der Waals surface area contributed by atoms with Gasteiger partial charge < -0.3 is 20.8 Å². The predicted molar refractivity (Wildman–Crippen MR) is 69.2 cm³/mol. The van der Waals surface area contributed by atoms with Crippen LogP contribution in [-0.4, -0.2) is 30.1 Å². The molecule has 0 radical (unpaired) electrons. The van der Waals surface area contributed by atoms with Gasteiger partial charge >= 0.3 is 0 Å². The van der Waals surface area contributed by atoms with E-state index in [4.69, 9.17) is 10.5 Å². The summed E-state index contributed by atoms with van der Waals surface area (Å²) >= 11 is 0. The number of nitrogens with one attached hydrogen (secondary N) is 2. The number of carbonyl (C=O) groups is 1. The van der Waals surface area contributed by atoms with Gasteiger partial charge in [-0.15, -0.1) is 0 Å². The van der Waals surface area contributed by atoms with E-state index in [1.165, 1.54) is 0 Å². The van der Waals surface area contributed by atoms with Gasteiger partial charge in [0.15, 0.2) is 0 Å². The van der Waals surface area contributed by atoms with Crippen LogP contribution in [0.15, 0.2) is 30.5 Å². The highest BCUT2D eigenvalue weighted by Gasteiger charge is 2.31. The molecule has 5 nitrogen and oxygen atoms in total. The van der Waals surface area contributed by atoms with E-state index in [1.807, 2.05) is 30.5 Å². The fourth-order valence-electron chi connectivity index (χ4n) is 2.21. The molecule has 2 aromatic rings. The standard InChI is InChI=1S/C13H15N3O2/c14-11-7-18-6-10(11)13(17)16-9-1-2-12-8(5-9)3-4-15-12/h1-5,10-11,15H,6-7,14H2,(H,16,17). The summed E-state index contributed by atoms with van der Waals surface area (Å²) in [6.45, 7) is 0.855. The fraction of sp³-hybridized carbons (Fsp3) is 0.308. The van der Waals surface area contributed by atoms with Gasteiger partial charge in [0.25, 0.3) is 0 Å². The highest BCUT2D eigenvalue weighted by molar-refractivity contribution is 5.95. The largest absolute Gasteiger partial charge is 0.379 e. The Morgan fingerprint density at radius 3 is 3.06 bits per heavy atom. The molecule has 2 heterocycles. The van der Waals surface area contributed by atoms with E-state index >= 15 is 0 Å². The Bertz CT molecular complexity index is 578. The van der Waals surface area contributed by atoms with Crippen LogP contribution in [0.2, 0.25) is 0 Å². The van der Waals surface area contributed by atoms with Crippen LogP contribution < -0.4 is 11.1 Å². The lowest BCUT2D eigenvalue weighted by molar-refractivity contribution is -0.120. The fourth-order valence-corrected chi connectivity index (χ4v) is 2.21. The van der Waals surface area contributed by atoms with Crippen LogP contribution in [0, 0.1) is 5.92 Å². The second kappa shape index (κ2) is 4.44. The Balaban J connectivity index is 1.77. The Morgan fingerprint density at radius 2 is 2.28 bits per heavy atom. The highest BCUT2D eigenvalue weighted by Crippen LogP contribution is 2.20. The van der Waals surface area contributed by atoms with Crippen molar-refractivity contribution in [1.82, 2.24) is 4.98 Å². The van der Waals surface area contributed by atoms with Crippen molar-refractivity contribution < 1.29 is 9.53 Å². The summed E-state index contributed by atoms with van der Waals surface area (Å²) < 4.78 is 5.20. The molecule has 2 unspecified atom stereocenters. The van der Waals surface area contributed by atoms with Crippen LogP contribution in [0.25, 0.3) is 10.9 Å².